The first-order valence-corrected chi connectivity index (χ1v) is 8.42. The molecule has 2 aromatic carbocycles. The van der Waals surface area contributed by atoms with Crippen LogP contribution in [0.5, 0.6) is 0 Å². The van der Waals surface area contributed by atoms with Gasteiger partial charge in [0.2, 0.25) is 11.8 Å². The van der Waals surface area contributed by atoms with Gasteiger partial charge in [-0.05, 0) is 29.7 Å². The molecule has 2 amide bonds. The molecule has 26 heavy (non-hydrogen) atoms. The molecule has 0 radical (unpaired) electrons. The molecule has 140 valence electrons. The van der Waals surface area contributed by atoms with Crippen LogP contribution in [0.25, 0.3) is 0 Å². The van der Waals surface area contributed by atoms with Crippen LogP contribution >= 0.6 is 12.4 Å². The van der Waals surface area contributed by atoms with Gasteiger partial charge in [-0.3, -0.25) is 9.59 Å². The predicted octanol–water partition coefficient (Wildman–Crippen LogP) is 2.89. The van der Waals surface area contributed by atoms with Crippen LogP contribution in [0.4, 0.5) is 5.69 Å². The first-order valence-electron chi connectivity index (χ1n) is 8.42. The van der Waals surface area contributed by atoms with Crippen LogP contribution in [-0.2, 0) is 22.6 Å². The van der Waals surface area contributed by atoms with E-state index in [4.69, 9.17) is 5.73 Å². The van der Waals surface area contributed by atoms with Gasteiger partial charge in [0.25, 0.3) is 0 Å². The second kappa shape index (κ2) is 10.6. The van der Waals surface area contributed by atoms with Crippen LogP contribution in [0.3, 0.4) is 0 Å². The number of benzene rings is 2. The van der Waals surface area contributed by atoms with Crippen molar-refractivity contribution in [3.63, 3.8) is 0 Å². The van der Waals surface area contributed by atoms with Crippen molar-refractivity contribution in [1.82, 2.24) is 5.32 Å². The van der Waals surface area contributed by atoms with Crippen LogP contribution < -0.4 is 16.4 Å². The maximum absolute atomic E-state index is 12.1. The van der Waals surface area contributed by atoms with E-state index in [-0.39, 0.29) is 30.1 Å². The van der Waals surface area contributed by atoms with Crippen molar-refractivity contribution in [3.8, 4) is 0 Å². The minimum absolute atomic E-state index is 0. The zero-order valence-electron chi connectivity index (χ0n) is 15.1. The molecule has 6 heteroatoms. The van der Waals surface area contributed by atoms with Crippen molar-refractivity contribution in [3.05, 3.63) is 65.7 Å². The monoisotopic (exact) mass is 375 g/mol. The number of anilines is 1. The van der Waals surface area contributed by atoms with E-state index in [0.29, 0.717) is 13.0 Å². The topological polar surface area (TPSA) is 84.2 Å². The summed E-state index contributed by atoms with van der Waals surface area (Å²) in [6.07, 6.45) is 0.507. The summed E-state index contributed by atoms with van der Waals surface area (Å²) in [4.78, 5) is 23.8. The van der Waals surface area contributed by atoms with Crippen molar-refractivity contribution in [2.45, 2.75) is 32.9 Å². The van der Waals surface area contributed by atoms with Crippen molar-refractivity contribution < 1.29 is 9.59 Å². The minimum Gasteiger partial charge on any atom is -0.351 e. The number of carbonyl (C=O) groups is 2. The molecule has 0 fully saturated rings. The van der Waals surface area contributed by atoms with Gasteiger partial charge in [0.1, 0.15) is 0 Å². The van der Waals surface area contributed by atoms with Crippen LogP contribution in [0.2, 0.25) is 0 Å². The highest BCUT2D eigenvalue weighted by Crippen LogP contribution is 2.11. The van der Waals surface area contributed by atoms with Gasteiger partial charge in [0, 0.05) is 18.2 Å². The summed E-state index contributed by atoms with van der Waals surface area (Å²) in [7, 11) is 0. The van der Waals surface area contributed by atoms with E-state index in [1.165, 1.54) is 0 Å². The Morgan fingerprint density at radius 2 is 1.54 bits per heavy atom. The lowest BCUT2D eigenvalue weighted by Gasteiger charge is -2.13. The number of halogens is 1. The molecule has 0 aliphatic heterocycles. The Balaban J connectivity index is 0.00000338. The fraction of sp³-hybridized carbons (Fsp3) is 0.300. The van der Waals surface area contributed by atoms with Crippen LogP contribution in [0.1, 0.15) is 25.0 Å². The second-order valence-electron chi connectivity index (χ2n) is 6.35. The predicted molar refractivity (Wildman–Crippen MR) is 107 cm³/mol. The summed E-state index contributed by atoms with van der Waals surface area (Å²) in [5, 5.41) is 5.68. The van der Waals surface area contributed by atoms with Crippen LogP contribution in [-0.4, -0.2) is 17.9 Å². The highest BCUT2D eigenvalue weighted by Gasteiger charge is 2.13. The molecule has 0 aromatic heterocycles. The third-order valence-electron chi connectivity index (χ3n) is 3.85. The lowest BCUT2D eigenvalue weighted by Crippen LogP contribution is -2.41. The summed E-state index contributed by atoms with van der Waals surface area (Å²) in [6, 6.07) is 16.5. The average Bonchev–Trinajstić information content (AvgIpc) is 2.61. The third-order valence-corrected chi connectivity index (χ3v) is 3.85. The molecule has 0 saturated heterocycles. The van der Waals surface area contributed by atoms with Gasteiger partial charge in [-0.15, -0.1) is 12.4 Å². The molecule has 2 aromatic rings. The van der Waals surface area contributed by atoms with Gasteiger partial charge in [-0.25, -0.2) is 0 Å². The Morgan fingerprint density at radius 3 is 2.12 bits per heavy atom. The van der Waals surface area contributed by atoms with E-state index in [2.05, 4.69) is 10.6 Å². The Kier molecular flexibility index (Phi) is 8.82. The number of nitrogens with two attached hydrogens (primary N) is 1. The Morgan fingerprint density at radius 1 is 0.923 bits per heavy atom. The fourth-order valence-corrected chi connectivity index (χ4v) is 2.27. The molecule has 4 N–H and O–H groups in total. The maximum Gasteiger partial charge on any atom is 0.237 e. The minimum atomic E-state index is -0.577. The molecule has 0 aliphatic carbocycles. The van der Waals surface area contributed by atoms with Gasteiger partial charge in [0.15, 0.2) is 0 Å². The van der Waals surface area contributed by atoms with Crippen molar-refractivity contribution >= 4 is 29.9 Å². The highest BCUT2D eigenvalue weighted by atomic mass is 35.5. The van der Waals surface area contributed by atoms with Crippen molar-refractivity contribution in [1.29, 1.82) is 0 Å². The van der Waals surface area contributed by atoms with E-state index in [1.54, 1.807) is 0 Å². The Hall–Kier alpha value is -2.37. The molecule has 0 bridgehead atoms. The number of amides is 2. The zero-order chi connectivity index (χ0) is 18.2. The largest absolute Gasteiger partial charge is 0.351 e. The Bertz CT molecular complexity index is 703. The van der Waals surface area contributed by atoms with E-state index in [9.17, 15) is 9.59 Å². The van der Waals surface area contributed by atoms with E-state index < -0.39 is 6.04 Å². The fourth-order valence-electron chi connectivity index (χ4n) is 2.27. The SMILES string of the molecule is CC(C)C(=O)Nc1ccc(CNC(=O)C(N)Cc2ccccc2)cc1.Cl. The summed E-state index contributed by atoms with van der Waals surface area (Å²) in [5.41, 5.74) is 8.69. The summed E-state index contributed by atoms with van der Waals surface area (Å²) in [5.74, 6) is -0.265. The van der Waals surface area contributed by atoms with E-state index >= 15 is 0 Å². The quantitative estimate of drug-likeness (QED) is 0.695. The molecule has 0 saturated carbocycles. The maximum atomic E-state index is 12.1. The standard InChI is InChI=1S/C20H25N3O2.ClH/c1-14(2)19(24)23-17-10-8-16(9-11-17)13-22-20(25)18(21)12-15-6-4-3-5-7-15;/h3-11,14,18H,12-13,21H2,1-2H3,(H,22,25)(H,23,24);1H. The van der Waals surface area contributed by atoms with Gasteiger partial charge < -0.3 is 16.4 Å². The van der Waals surface area contributed by atoms with Crippen molar-refractivity contribution in [2.24, 2.45) is 11.7 Å². The number of hydrogen-bond donors (Lipinski definition) is 3. The van der Waals surface area contributed by atoms with Gasteiger partial charge in [0.05, 0.1) is 6.04 Å². The van der Waals surface area contributed by atoms with Gasteiger partial charge in [-0.1, -0.05) is 56.3 Å². The normalized spacial score (nSPS) is 11.4. The number of rotatable bonds is 7. The average molecular weight is 376 g/mol. The molecule has 1 unspecified atom stereocenters. The Labute approximate surface area is 160 Å². The molecule has 0 aliphatic rings. The molecular formula is C20H26ClN3O2. The molecule has 2 rings (SSSR count). The van der Waals surface area contributed by atoms with E-state index in [0.717, 1.165) is 16.8 Å². The van der Waals surface area contributed by atoms with Crippen molar-refractivity contribution in [2.75, 3.05) is 5.32 Å². The summed E-state index contributed by atoms with van der Waals surface area (Å²) < 4.78 is 0. The third kappa shape index (κ3) is 6.86. The molecule has 0 spiro atoms. The number of nitrogens with one attached hydrogen (secondary N) is 2. The number of hydrogen-bond acceptors (Lipinski definition) is 3. The lowest BCUT2D eigenvalue weighted by atomic mass is 10.1. The lowest BCUT2D eigenvalue weighted by molar-refractivity contribution is -0.122. The van der Waals surface area contributed by atoms with Crippen LogP contribution in [0, 0.1) is 5.92 Å². The number of carbonyl (C=O) groups excluding carboxylic acids is 2. The summed E-state index contributed by atoms with van der Waals surface area (Å²) >= 11 is 0. The van der Waals surface area contributed by atoms with Crippen LogP contribution in [0.15, 0.2) is 54.6 Å². The summed E-state index contributed by atoms with van der Waals surface area (Å²) in [6.45, 7) is 4.09. The van der Waals surface area contributed by atoms with Gasteiger partial charge >= 0.3 is 0 Å². The molecular weight excluding hydrogens is 350 g/mol. The highest BCUT2D eigenvalue weighted by molar-refractivity contribution is 5.92. The molecule has 1 atom stereocenters. The first-order chi connectivity index (χ1) is 12.0. The van der Waals surface area contributed by atoms with Gasteiger partial charge in [-0.2, -0.15) is 0 Å². The first kappa shape index (κ1) is 21.7. The zero-order valence-corrected chi connectivity index (χ0v) is 15.9. The molecule has 0 heterocycles. The van der Waals surface area contributed by atoms with E-state index in [1.807, 2.05) is 68.4 Å². The second-order valence-corrected chi connectivity index (χ2v) is 6.35. The molecule has 5 nitrogen and oxygen atoms in total. The smallest absolute Gasteiger partial charge is 0.237 e.